The number of thiophene rings is 1. The zero-order valence-corrected chi connectivity index (χ0v) is 12.4. The molecule has 0 aliphatic carbocycles. The van der Waals surface area contributed by atoms with Crippen LogP contribution < -0.4 is 10.9 Å². The highest BCUT2D eigenvalue weighted by molar-refractivity contribution is 7.10. The molecule has 0 bridgehead atoms. The van der Waals surface area contributed by atoms with Crippen LogP contribution in [0.3, 0.4) is 0 Å². The van der Waals surface area contributed by atoms with Gasteiger partial charge in [-0.05, 0) is 24.4 Å². The van der Waals surface area contributed by atoms with E-state index in [0.717, 1.165) is 15.5 Å². The number of aromatic nitrogens is 1. The van der Waals surface area contributed by atoms with Gasteiger partial charge in [0.05, 0.1) is 11.6 Å². The van der Waals surface area contributed by atoms with Gasteiger partial charge in [0, 0.05) is 17.1 Å². The van der Waals surface area contributed by atoms with E-state index < -0.39 is 29.8 Å². The van der Waals surface area contributed by atoms with Gasteiger partial charge < -0.3 is 9.88 Å². The van der Waals surface area contributed by atoms with Crippen LogP contribution in [0, 0.1) is 0 Å². The summed E-state index contributed by atoms with van der Waals surface area (Å²) in [5, 5.41) is 4.50. The molecule has 22 heavy (non-hydrogen) atoms. The second-order valence-corrected chi connectivity index (χ2v) is 5.67. The Bertz CT molecular complexity index is 708. The van der Waals surface area contributed by atoms with Gasteiger partial charge in [-0.1, -0.05) is 6.07 Å². The van der Waals surface area contributed by atoms with E-state index in [2.05, 4.69) is 5.32 Å². The highest BCUT2D eigenvalue weighted by Crippen LogP contribution is 2.28. The number of hydrogen-bond acceptors (Lipinski definition) is 3. The minimum atomic E-state index is -4.56. The molecule has 0 saturated heterocycles. The van der Waals surface area contributed by atoms with Crippen molar-refractivity contribution >= 4 is 17.2 Å². The van der Waals surface area contributed by atoms with Crippen LogP contribution >= 0.6 is 11.3 Å². The van der Waals surface area contributed by atoms with E-state index in [1.165, 1.54) is 11.3 Å². The monoisotopic (exact) mass is 330 g/mol. The molecule has 0 aliphatic heterocycles. The Kier molecular flexibility index (Phi) is 4.70. The number of pyridine rings is 1. The first kappa shape index (κ1) is 16.3. The Morgan fingerprint density at radius 1 is 1.36 bits per heavy atom. The summed E-state index contributed by atoms with van der Waals surface area (Å²) < 4.78 is 38.6. The molecule has 1 unspecified atom stereocenters. The second-order valence-electron chi connectivity index (χ2n) is 4.69. The molecular weight excluding hydrogens is 317 g/mol. The maximum Gasteiger partial charge on any atom is 0.417 e. The maximum atomic E-state index is 12.6. The molecule has 0 spiro atoms. The maximum absolute atomic E-state index is 12.6. The molecule has 1 atom stereocenters. The minimum Gasteiger partial charge on any atom is -0.347 e. The van der Waals surface area contributed by atoms with Gasteiger partial charge in [-0.15, -0.1) is 11.3 Å². The molecule has 2 aromatic rings. The number of amides is 1. The molecule has 4 nitrogen and oxygen atoms in total. The number of carbonyl (C=O) groups excluding carboxylic acids is 1. The Balaban J connectivity index is 2.10. The van der Waals surface area contributed by atoms with Crippen LogP contribution in [0.5, 0.6) is 0 Å². The van der Waals surface area contributed by atoms with Crippen molar-refractivity contribution in [2.75, 3.05) is 0 Å². The normalized spacial score (nSPS) is 12.9. The fraction of sp³-hybridized carbons (Fsp3) is 0.286. The zero-order chi connectivity index (χ0) is 16.3. The summed E-state index contributed by atoms with van der Waals surface area (Å²) in [6, 6.07) is 4.91. The number of hydrogen-bond donors (Lipinski definition) is 1. The number of nitrogens with zero attached hydrogens (tertiary/aromatic N) is 1. The molecule has 8 heteroatoms. The molecule has 2 heterocycles. The fourth-order valence-electron chi connectivity index (χ4n) is 1.87. The first-order valence-corrected chi connectivity index (χ1v) is 7.26. The average molecular weight is 330 g/mol. The van der Waals surface area contributed by atoms with E-state index in [0.29, 0.717) is 12.3 Å². The van der Waals surface area contributed by atoms with Crippen LogP contribution in [0.1, 0.15) is 23.4 Å². The lowest BCUT2D eigenvalue weighted by molar-refractivity contribution is -0.138. The second kappa shape index (κ2) is 6.35. The number of rotatable bonds is 4. The Morgan fingerprint density at radius 2 is 2.09 bits per heavy atom. The standard InChI is InChI=1S/C14H13F3N2O2S/c1-9(11-3-2-6-22-11)18-12(20)8-19-7-10(14(15,16)17)4-5-13(19)21/h2-7,9H,8H2,1H3,(H,18,20). The molecule has 1 amide bonds. The van der Waals surface area contributed by atoms with Gasteiger partial charge in [-0.3, -0.25) is 9.59 Å². The number of carbonyl (C=O) groups is 1. The molecule has 0 saturated carbocycles. The molecule has 0 fully saturated rings. The Morgan fingerprint density at radius 3 is 2.68 bits per heavy atom. The van der Waals surface area contributed by atoms with Gasteiger partial charge in [0.25, 0.3) is 5.56 Å². The molecule has 0 aliphatic rings. The summed E-state index contributed by atoms with van der Waals surface area (Å²) in [6.45, 7) is 1.30. The van der Waals surface area contributed by atoms with E-state index in [-0.39, 0.29) is 6.04 Å². The average Bonchev–Trinajstić information content (AvgIpc) is 2.94. The van der Waals surface area contributed by atoms with Crippen molar-refractivity contribution in [3.8, 4) is 0 Å². The zero-order valence-electron chi connectivity index (χ0n) is 11.6. The number of nitrogens with one attached hydrogen (secondary N) is 1. The lowest BCUT2D eigenvalue weighted by atomic mass is 10.2. The molecular formula is C14H13F3N2O2S. The quantitative estimate of drug-likeness (QED) is 0.937. The predicted molar refractivity (Wildman–Crippen MR) is 76.6 cm³/mol. The highest BCUT2D eigenvalue weighted by Gasteiger charge is 2.31. The lowest BCUT2D eigenvalue weighted by Crippen LogP contribution is -2.33. The Labute approximate surface area is 128 Å². The van der Waals surface area contributed by atoms with Crippen LogP contribution in [-0.4, -0.2) is 10.5 Å². The third-order valence-corrected chi connectivity index (χ3v) is 4.03. The lowest BCUT2D eigenvalue weighted by Gasteiger charge is -2.14. The third-order valence-electron chi connectivity index (χ3n) is 2.97. The van der Waals surface area contributed by atoms with Crippen LogP contribution in [-0.2, 0) is 17.5 Å². The van der Waals surface area contributed by atoms with Crippen LogP contribution in [0.2, 0.25) is 0 Å². The molecule has 2 rings (SSSR count). The molecule has 118 valence electrons. The first-order chi connectivity index (χ1) is 10.3. The van der Waals surface area contributed by atoms with Crippen LogP contribution in [0.15, 0.2) is 40.6 Å². The van der Waals surface area contributed by atoms with Crippen LogP contribution in [0.25, 0.3) is 0 Å². The molecule has 0 aromatic carbocycles. The highest BCUT2D eigenvalue weighted by atomic mass is 32.1. The molecule has 2 aromatic heterocycles. The SMILES string of the molecule is CC(NC(=O)Cn1cc(C(F)(F)F)ccc1=O)c1cccs1. The summed E-state index contributed by atoms with van der Waals surface area (Å²) in [5.41, 5.74) is -1.63. The van der Waals surface area contributed by atoms with Gasteiger partial charge >= 0.3 is 6.18 Å². The number of halogens is 3. The van der Waals surface area contributed by atoms with Crippen LogP contribution in [0.4, 0.5) is 13.2 Å². The summed E-state index contributed by atoms with van der Waals surface area (Å²) >= 11 is 1.46. The van der Waals surface area contributed by atoms with Gasteiger partial charge in [-0.25, -0.2) is 0 Å². The summed E-state index contributed by atoms with van der Waals surface area (Å²) in [5.74, 6) is -0.526. The van der Waals surface area contributed by atoms with Crippen molar-refractivity contribution in [3.05, 3.63) is 56.6 Å². The topological polar surface area (TPSA) is 51.1 Å². The van der Waals surface area contributed by atoms with E-state index in [9.17, 15) is 22.8 Å². The van der Waals surface area contributed by atoms with Crippen molar-refractivity contribution < 1.29 is 18.0 Å². The fourth-order valence-corrected chi connectivity index (χ4v) is 2.61. The predicted octanol–water partition coefficient (Wildman–Crippen LogP) is 2.81. The van der Waals surface area contributed by atoms with Crippen molar-refractivity contribution in [2.24, 2.45) is 0 Å². The van der Waals surface area contributed by atoms with Gasteiger partial charge in [-0.2, -0.15) is 13.2 Å². The third kappa shape index (κ3) is 3.97. The van der Waals surface area contributed by atoms with Gasteiger partial charge in [0.2, 0.25) is 5.91 Å². The van der Waals surface area contributed by atoms with Crippen molar-refractivity contribution in [2.45, 2.75) is 25.7 Å². The van der Waals surface area contributed by atoms with E-state index in [1.54, 1.807) is 6.92 Å². The van der Waals surface area contributed by atoms with E-state index >= 15 is 0 Å². The summed E-state index contributed by atoms with van der Waals surface area (Å²) in [6.07, 6.45) is -3.91. The van der Waals surface area contributed by atoms with Crippen molar-refractivity contribution in [1.29, 1.82) is 0 Å². The summed E-state index contributed by atoms with van der Waals surface area (Å²) in [7, 11) is 0. The van der Waals surface area contributed by atoms with E-state index in [4.69, 9.17) is 0 Å². The van der Waals surface area contributed by atoms with Gasteiger partial charge in [0.1, 0.15) is 6.54 Å². The smallest absolute Gasteiger partial charge is 0.347 e. The Hall–Kier alpha value is -2.09. The largest absolute Gasteiger partial charge is 0.417 e. The van der Waals surface area contributed by atoms with E-state index in [1.807, 2.05) is 17.5 Å². The molecule has 1 N–H and O–H groups in total. The first-order valence-electron chi connectivity index (χ1n) is 6.38. The number of alkyl halides is 3. The van der Waals surface area contributed by atoms with Crippen molar-refractivity contribution in [1.82, 2.24) is 9.88 Å². The summed E-state index contributed by atoms with van der Waals surface area (Å²) in [4.78, 5) is 24.4. The van der Waals surface area contributed by atoms with Gasteiger partial charge in [0.15, 0.2) is 0 Å². The minimum absolute atomic E-state index is 0.269. The van der Waals surface area contributed by atoms with Crippen molar-refractivity contribution in [3.63, 3.8) is 0 Å². The molecule has 0 radical (unpaired) electrons.